The lowest BCUT2D eigenvalue weighted by atomic mass is 9.93. The highest BCUT2D eigenvalue weighted by molar-refractivity contribution is 9.10. The van der Waals surface area contributed by atoms with Crippen molar-refractivity contribution in [2.75, 3.05) is 13.7 Å². The molecule has 0 saturated carbocycles. The fourth-order valence-corrected chi connectivity index (χ4v) is 2.03. The van der Waals surface area contributed by atoms with Gasteiger partial charge in [0.05, 0.1) is 11.1 Å². The Morgan fingerprint density at radius 2 is 2.00 bits per heavy atom. The summed E-state index contributed by atoms with van der Waals surface area (Å²) in [6, 6.07) is 6.15. The Morgan fingerprint density at radius 1 is 1.29 bits per heavy atom. The van der Waals surface area contributed by atoms with E-state index in [0.717, 1.165) is 29.8 Å². The van der Waals surface area contributed by atoms with Crippen molar-refractivity contribution in [3.05, 3.63) is 28.2 Å². The van der Waals surface area contributed by atoms with Gasteiger partial charge in [-0.15, -0.1) is 0 Å². The normalized spacial score (nSPS) is 11.6. The molecule has 0 aliphatic rings. The van der Waals surface area contributed by atoms with Crippen LogP contribution in [-0.4, -0.2) is 13.7 Å². The summed E-state index contributed by atoms with van der Waals surface area (Å²) in [5, 5.41) is 3.16. The molecule has 2 nitrogen and oxygen atoms in total. The van der Waals surface area contributed by atoms with Crippen molar-refractivity contribution in [3.63, 3.8) is 0 Å². The average molecular weight is 300 g/mol. The van der Waals surface area contributed by atoms with Crippen LogP contribution < -0.4 is 10.1 Å². The number of para-hydroxylation sites is 1. The van der Waals surface area contributed by atoms with Crippen molar-refractivity contribution in [1.82, 2.24) is 5.32 Å². The smallest absolute Gasteiger partial charge is 0.137 e. The van der Waals surface area contributed by atoms with Gasteiger partial charge in [-0.3, -0.25) is 0 Å². The molecule has 0 aliphatic heterocycles. The van der Waals surface area contributed by atoms with Gasteiger partial charge in [0.1, 0.15) is 5.75 Å². The quantitative estimate of drug-likeness (QED) is 0.888. The lowest BCUT2D eigenvalue weighted by Gasteiger charge is -2.19. The number of benzene rings is 1. The first kappa shape index (κ1) is 14.5. The second-order valence-electron chi connectivity index (χ2n) is 5.42. The summed E-state index contributed by atoms with van der Waals surface area (Å²) in [5.74, 6) is 0.964. The second kappa shape index (κ2) is 6.41. The maximum atomic E-state index is 5.91. The topological polar surface area (TPSA) is 21.3 Å². The van der Waals surface area contributed by atoms with Gasteiger partial charge >= 0.3 is 0 Å². The van der Waals surface area contributed by atoms with E-state index in [2.05, 4.69) is 48.1 Å². The predicted molar refractivity (Wildman–Crippen MR) is 76.5 cm³/mol. The highest BCUT2D eigenvalue weighted by Gasteiger charge is 2.12. The molecule has 0 radical (unpaired) electrons. The van der Waals surface area contributed by atoms with Crippen LogP contribution in [0.1, 0.15) is 32.8 Å². The molecule has 0 aromatic heterocycles. The van der Waals surface area contributed by atoms with E-state index in [9.17, 15) is 0 Å². The summed E-state index contributed by atoms with van der Waals surface area (Å²) in [6.45, 7) is 8.26. The van der Waals surface area contributed by atoms with E-state index in [1.165, 1.54) is 5.56 Å². The lowest BCUT2D eigenvalue weighted by molar-refractivity contribution is 0.240. The predicted octanol–water partition coefficient (Wildman–Crippen LogP) is 3.98. The largest absolute Gasteiger partial charge is 0.492 e. The number of nitrogens with one attached hydrogen (secondary N) is 1. The molecule has 3 heteroatoms. The Bertz CT molecular complexity index is 358. The van der Waals surface area contributed by atoms with Crippen molar-refractivity contribution in [2.24, 2.45) is 5.41 Å². The maximum Gasteiger partial charge on any atom is 0.137 e. The van der Waals surface area contributed by atoms with Gasteiger partial charge in [-0.25, -0.2) is 0 Å². The molecule has 0 aliphatic carbocycles. The van der Waals surface area contributed by atoms with E-state index < -0.39 is 0 Å². The van der Waals surface area contributed by atoms with E-state index in [-0.39, 0.29) is 0 Å². The number of rotatable bonds is 5. The Hall–Kier alpha value is -0.540. The molecule has 1 aromatic rings. The third-order valence-corrected chi connectivity index (χ3v) is 3.14. The van der Waals surface area contributed by atoms with E-state index in [1.54, 1.807) is 0 Å². The molecular formula is C14H22BrNO. The molecule has 0 unspecified atom stereocenters. The summed E-state index contributed by atoms with van der Waals surface area (Å²) < 4.78 is 6.94. The Morgan fingerprint density at radius 3 is 2.59 bits per heavy atom. The van der Waals surface area contributed by atoms with E-state index >= 15 is 0 Å². The molecule has 1 aromatic carbocycles. The third-order valence-electron chi connectivity index (χ3n) is 2.51. The van der Waals surface area contributed by atoms with Crippen LogP contribution in [0.4, 0.5) is 0 Å². The first-order chi connectivity index (χ1) is 7.94. The van der Waals surface area contributed by atoms with Crippen LogP contribution in [0.2, 0.25) is 0 Å². The second-order valence-corrected chi connectivity index (χ2v) is 6.27. The Balaban J connectivity index is 2.68. The van der Waals surface area contributed by atoms with Gasteiger partial charge < -0.3 is 10.1 Å². The zero-order valence-electron chi connectivity index (χ0n) is 11.1. The third kappa shape index (κ3) is 5.09. The summed E-state index contributed by atoms with van der Waals surface area (Å²) in [7, 11) is 1.94. The van der Waals surface area contributed by atoms with Gasteiger partial charge in [-0.1, -0.05) is 32.9 Å². The van der Waals surface area contributed by atoms with Crippen molar-refractivity contribution >= 4 is 15.9 Å². The molecule has 0 saturated heterocycles. The minimum absolute atomic E-state index is 0.310. The minimum atomic E-state index is 0.310. The van der Waals surface area contributed by atoms with Gasteiger partial charge in [0.2, 0.25) is 0 Å². The summed E-state index contributed by atoms with van der Waals surface area (Å²) >= 11 is 3.54. The highest BCUT2D eigenvalue weighted by atomic mass is 79.9. The van der Waals surface area contributed by atoms with Gasteiger partial charge in [-0.05, 0) is 40.9 Å². The molecule has 17 heavy (non-hydrogen) atoms. The summed E-state index contributed by atoms with van der Waals surface area (Å²) in [5.41, 5.74) is 1.50. The van der Waals surface area contributed by atoms with Crippen molar-refractivity contribution in [1.29, 1.82) is 0 Å². The molecule has 0 amide bonds. The van der Waals surface area contributed by atoms with Crippen LogP contribution in [0.15, 0.2) is 22.7 Å². The zero-order chi connectivity index (χ0) is 12.9. The molecule has 96 valence electrons. The van der Waals surface area contributed by atoms with E-state index in [0.29, 0.717) is 5.41 Å². The van der Waals surface area contributed by atoms with E-state index in [1.807, 2.05) is 19.2 Å². The summed E-state index contributed by atoms with van der Waals surface area (Å²) in [4.78, 5) is 0. The Kier molecular flexibility index (Phi) is 5.47. The fraction of sp³-hybridized carbons (Fsp3) is 0.571. The molecule has 0 fully saturated rings. The number of hydrogen-bond donors (Lipinski definition) is 1. The highest BCUT2D eigenvalue weighted by Crippen LogP contribution is 2.30. The standard InChI is InChI=1S/C14H22BrNO/c1-14(2,3)8-9-17-13-11(10-16-4)6-5-7-12(13)15/h5-7,16H,8-10H2,1-4H3. The molecule has 0 heterocycles. The van der Waals surface area contributed by atoms with Crippen molar-refractivity contribution < 1.29 is 4.74 Å². The number of halogens is 1. The molecular weight excluding hydrogens is 278 g/mol. The molecule has 0 spiro atoms. The van der Waals surface area contributed by atoms with Crippen LogP contribution in [0, 0.1) is 5.41 Å². The first-order valence-electron chi connectivity index (χ1n) is 5.99. The van der Waals surface area contributed by atoms with Gasteiger partial charge in [-0.2, -0.15) is 0 Å². The van der Waals surface area contributed by atoms with Crippen LogP contribution in [-0.2, 0) is 6.54 Å². The maximum absolute atomic E-state index is 5.91. The number of hydrogen-bond acceptors (Lipinski definition) is 2. The van der Waals surface area contributed by atoms with Crippen LogP contribution in [0.3, 0.4) is 0 Å². The lowest BCUT2D eigenvalue weighted by Crippen LogP contribution is -2.13. The van der Waals surface area contributed by atoms with Gasteiger partial charge in [0.15, 0.2) is 0 Å². The molecule has 0 bridgehead atoms. The van der Waals surface area contributed by atoms with Crippen molar-refractivity contribution in [2.45, 2.75) is 33.7 Å². The zero-order valence-corrected chi connectivity index (χ0v) is 12.7. The SMILES string of the molecule is CNCc1cccc(Br)c1OCCC(C)(C)C. The summed E-state index contributed by atoms with van der Waals surface area (Å²) in [6.07, 6.45) is 1.05. The molecule has 0 atom stereocenters. The first-order valence-corrected chi connectivity index (χ1v) is 6.78. The van der Waals surface area contributed by atoms with Crippen molar-refractivity contribution in [3.8, 4) is 5.75 Å². The Labute approximate surface area is 113 Å². The molecule has 1 N–H and O–H groups in total. The molecule has 1 rings (SSSR count). The van der Waals surface area contributed by atoms with Crippen LogP contribution >= 0.6 is 15.9 Å². The monoisotopic (exact) mass is 299 g/mol. The minimum Gasteiger partial charge on any atom is -0.492 e. The van der Waals surface area contributed by atoms with Gasteiger partial charge in [0, 0.05) is 12.1 Å². The van der Waals surface area contributed by atoms with Gasteiger partial charge in [0.25, 0.3) is 0 Å². The number of ether oxygens (including phenoxy) is 1. The van der Waals surface area contributed by atoms with Crippen LogP contribution in [0.25, 0.3) is 0 Å². The van der Waals surface area contributed by atoms with E-state index in [4.69, 9.17) is 4.74 Å². The van der Waals surface area contributed by atoms with Crippen LogP contribution in [0.5, 0.6) is 5.75 Å². The fourth-order valence-electron chi connectivity index (χ4n) is 1.50. The average Bonchev–Trinajstić information content (AvgIpc) is 2.21.